The molecule has 20 heavy (non-hydrogen) atoms. The molecular weight excluding hydrogens is 248 g/mol. The van der Waals surface area contributed by atoms with Gasteiger partial charge in [0, 0.05) is 12.5 Å². The van der Waals surface area contributed by atoms with E-state index in [-0.39, 0.29) is 12.6 Å². The number of carbonyl (C=O) groups excluding carboxylic acids is 1. The van der Waals surface area contributed by atoms with Crippen molar-refractivity contribution in [1.29, 1.82) is 0 Å². The molecule has 0 aliphatic carbocycles. The number of ether oxygens (including phenoxy) is 1. The highest BCUT2D eigenvalue weighted by Crippen LogP contribution is 2.09. The van der Waals surface area contributed by atoms with E-state index >= 15 is 0 Å². The Morgan fingerprint density at radius 1 is 0.950 bits per heavy atom. The van der Waals surface area contributed by atoms with Crippen molar-refractivity contribution in [3.05, 3.63) is 11.6 Å². The molecule has 0 N–H and O–H groups in total. The highest BCUT2D eigenvalue weighted by atomic mass is 16.5. The third-order valence-corrected chi connectivity index (χ3v) is 2.97. The molecule has 0 aromatic carbocycles. The van der Waals surface area contributed by atoms with E-state index < -0.39 is 0 Å². The van der Waals surface area contributed by atoms with Gasteiger partial charge in [0.05, 0.1) is 0 Å². The molecule has 2 heteroatoms. The first-order valence-electron chi connectivity index (χ1n) is 7.94. The van der Waals surface area contributed by atoms with Crippen molar-refractivity contribution in [2.24, 2.45) is 0 Å². The van der Waals surface area contributed by atoms with E-state index in [9.17, 15) is 4.79 Å². The van der Waals surface area contributed by atoms with Crippen molar-refractivity contribution >= 4 is 5.97 Å². The van der Waals surface area contributed by atoms with Gasteiger partial charge in [0.2, 0.25) is 0 Å². The van der Waals surface area contributed by atoms with E-state index in [2.05, 4.69) is 18.8 Å². The first kappa shape index (κ1) is 18.8. The summed E-state index contributed by atoms with van der Waals surface area (Å²) in [6.45, 7) is 6.19. The Morgan fingerprint density at radius 2 is 1.55 bits per heavy atom. The summed E-state index contributed by atoms with van der Waals surface area (Å²) in [6, 6.07) is 0. The highest BCUT2D eigenvalue weighted by Gasteiger charge is 1.94. The van der Waals surface area contributed by atoms with Crippen LogP contribution in [0.25, 0.3) is 0 Å². The van der Waals surface area contributed by atoms with Crippen LogP contribution in [-0.4, -0.2) is 12.6 Å². The normalized spacial score (nSPS) is 9.55. The quantitative estimate of drug-likeness (QED) is 0.242. The van der Waals surface area contributed by atoms with Crippen LogP contribution in [0.1, 0.15) is 78.6 Å². The monoisotopic (exact) mass is 278 g/mol. The molecule has 0 bridgehead atoms. The van der Waals surface area contributed by atoms with E-state index in [1.165, 1.54) is 51.0 Å². The fourth-order valence-corrected chi connectivity index (χ4v) is 1.87. The molecule has 0 spiro atoms. The van der Waals surface area contributed by atoms with Gasteiger partial charge < -0.3 is 4.74 Å². The lowest BCUT2D eigenvalue weighted by Crippen LogP contribution is -2.00. The van der Waals surface area contributed by atoms with Crippen molar-refractivity contribution in [1.82, 2.24) is 0 Å². The Balaban J connectivity index is 3.33. The van der Waals surface area contributed by atoms with E-state index in [1.54, 1.807) is 0 Å². The molecule has 0 unspecified atom stereocenters. The van der Waals surface area contributed by atoms with Crippen LogP contribution in [0.15, 0.2) is 11.6 Å². The molecule has 0 fully saturated rings. The van der Waals surface area contributed by atoms with Crippen molar-refractivity contribution in [3.63, 3.8) is 0 Å². The topological polar surface area (TPSA) is 26.3 Å². The molecule has 114 valence electrons. The third-order valence-electron chi connectivity index (χ3n) is 2.97. The van der Waals surface area contributed by atoms with Gasteiger partial charge in [0.15, 0.2) is 6.61 Å². The van der Waals surface area contributed by atoms with Crippen molar-refractivity contribution in [3.8, 4) is 11.8 Å². The molecule has 0 saturated heterocycles. The summed E-state index contributed by atoms with van der Waals surface area (Å²) in [5.41, 5.74) is 0.946. The van der Waals surface area contributed by atoms with Crippen molar-refractivity contribution in [2.45, 2.75) is 78.6 Å². The van der Waals surface area contributed by atoms with Crippen LogP contribution < -0.4 is 0 Å². The van der Waals surface area contributed by atoms with Crippen molar-refractivity contribution in [2.75, 3.05) is 6.61 Å². The predicted octanol–water partition coefficient (Wildman–Crippen LogP) is 5.03. The Hall–Kier alpha value is -1.23. The van der Waals surface area contributed by atoms with Gasteiger partial charge in [0.1, 0.15) is 0 Å². The molecule has 0 aromatic heterocycles. The summed E-state index contributed by atoms with van der Waals surface area (Å²) in [7, 11) is 0. The zero-order valence-corrected chi connectivity index (χ0v) is 13.5. The maximum absolute atomic E-state index is 11.2. The number of allylic oxidation sites excluding steroid dienone is 1. The lowest BCUT2D eigenvalue weighted by atomic mass is 10.1. The lowest BCUT2D eigenvalue weighted by Gasteiger charge is -1.99. The summed E-state index contributed by atoms with van der Waals surface area (Å²) in [6.07, 6.45) is 12.9. The minimum absolute atomic E-state index is 0.208. The van der Waals surface area contributed by atoms with Crippen LogP contribution >= 0.6 is 0 Å². The number of hydrogen-bond donors (Lipinski definition) is 0. The van der Waals surface area contributed by atoms with Gasteiger partial charge in [-0.1, -0.05) is 69.3 Å². The maximum atomic E-state index is 11.2. The van der Waals surface area contributed by atoms with Crippen LogP contribution in [0.2, 0.25) is 0 Å². The zero-order valence-electron chi connectivity index (χ0n) is 13.5. The minimum Gasteiger partial charge on any atom is -0.449 e. The van der Waals surface area contributed by atoms with Crippen LogP contribution in [0.4, 0.5) is 0 Å². The summed E-state index contributed by atoms with van der Waals surface area (Å²) >= 11 is 0. The first-order chi connectivity index (χ1) is 9.66. The largest absolute Gasteiger partial charge is 0.449 e. The third kappa shape index (κ3) is 14.8. The molecule has 2 nitrogen and oxygen atoms in total. The van der Waals surface area contributed by atoms with Gasteiger partial charge in [-0.05, 0) is 20.3 Å². The van der Waals surface area contributed by atoms with E-state index in [0.717, 1.165) is 18.4 Å². The standard InChI is InChI=1S/C18H30O2/c1-4-5-6-7-8-9-10-11-12-13-14-15-20-18(19)16-17(2)3/h16H,4-12,15H2,1-3H3. The Kier molecular flexibility index (Phi) is 13.3. The molecular formula is C18H30O2. The second-order valence-corrected chi connectivity index (χ2v) is 5.41. The number of carbonyl (C=O) groups is 1. The average Bonchev–Trinajstić information content (AvgIpc) is 2.39. The van der Waals surface area contributed by atoms with Gasteiger partial charge in [-0.25, -0.2) is 4.79 Å². The second kappa shape index (κ2) is 14.2. The zero-order chi connectivity index (χ0) is 15.1. The summed E-state index contributed by atoms with van der Waals surface area (Å²) in [5.74, 6) is 5.64. The molecule has 0 rings (SSSR count). The van der Waals surface area contributed by atoms with E-state index in [0.29, 0.717) is 0 Å². The Bertz CT molecular complexity index is 327. The smallest absolute Gasteiger partial charge is 0.331 e. The van der Waals surface area contributed by atoms with Crippen LogP contribution in [0.3, 0.4) is 0 Å². The predicted molar refractivity (Wildman–Crippen MR) is 85.4 cm³/mol. The molecule has 0 aromatic rings. The SMILES string of the molecule is CCCCCCCCCCC#CCOC(=O)C=C(C)C. The number of hydrogen-bond acceptors (Lipinski definition) is 2. The minimum atomic E-state index is -0.300. The number of rotatable bonds is 10. The molecule has 0 radical (unpaired) electrons. The Morgan fingerprint density at radius 3 is 2.15 bits per heavy atom. The number of unbranched alkanes of at least 4 members (excludes halogenated alkanes) is 8. The summed E-state index contributed by atoms with van der Waals surface area (Å²) in [4.78, 5) is 11.2. The number of esters is 1. The van der Waals surface area contributed by atoms with E-state index in [1.807, 2.05) is 13.8 Å². The molecule has 0 aliphatic heterocycles. The molecule has 0 amide bonds. The summed E-state index contributed by atoms with van der Waals surface area (Å²) in [5, 5.41) is 0. The molecule has 0 saturated carbocycles. The summed E-state index contributed by atoms with van der Waals surface area (Å²) < 4.78 is 4.95. The second-order valence-electron chi connectivity index (χ2n) is 5.41. The highest BCUT2D eigenvalue weighted by molar-refractivity contribution is 5.82. The first-order valence-corrected chi connectivity index (χ1v) is 7.94. The average molecular weight is 278 g/mol. The van der Waals surface area contributed by atoms with Gasteiger partial charge in [-0.15, -0.1) is 0 Å². The fourth-order valence-electron chi connectivity index (χ4n) is 1.87. The molecule has 0 atom stereocenters. The maximum Gasteiger partial charge on any atom is 0.331 e. The van der Waals surface area contributed by atoms with Crippen LogP contribution in [-0.2, 0) is 9.53 Å². The molecule has 0 heterocycles. The van der Waals surface area contributed by atoms with Gasteiger partial charge in [0.25, 0.3) is 0 Å². The molecule has 0 aliphatic rings. The van der Waals surface area contributed by atoms with Gasteiger partial charge in [-0.3, -0.25) is 0 Å². The van der Waals surface area contributed by atoms with Crippen LogP contribution in [0.5, 0.6) is 0 Å². The van der Waals surface area contributed by atoms with Gasteiger partial charge >= 0.3 is 5.97 Å². The fraction of sp³-hybridized carbons (Fsp3) is 0.722. The Labute approximate surface area is 125 Å². The lowest BCUT2D eigenvalue weighted by molar-refractivity contribution is -0.136. The van der Waals surface area contributed by atoms with E-state index in [4.69, 9.17) is 4.74 Å². The van der Waals surface area contributed by atoms with Crippen molar-refractivity contribution < 1.29 is 9.53 Å². The van der Waals surface area contributed by atoms with Gasteiger partial charge in [-0.2, -0.15) is 0 Å². The van der Waals surface area contributed by atoms with Crippen LogP contribution in [0, 0.1) is 11.8 Å².